The molecule has 4 nitrogen and oxygen atoms in total. The van der Waals surface area contributed by atoms with Crippen LogP contribution in [0.3, 0.4) is 0 Å². The van der Waals surface area contributed by atoms with Crippen LogP contribution in [0, 0.1) is 13.8 Å². The number of aromatic nitrogens is 1. The first-order valence-corrected chi connectivity index (χ1v) is 10.3. The van der Waals surface area contributed by atoms with Crippen molar-refractivity contribution in [1.82, 2.24) is 9.88 Å². The minimum atomic E-state index is 0.0236. The molecule has 0 aliphatic heterocycles. The number of hydrogen-bond donors (Lipinski definition) is 0. The number of ether oxygens (including phenoxy) is 1. The predicted octanol–water partition coefficient (Wildman–Crippen LogP) is 5.39. The number of aryl methyl sites for hydroxylation is 2. The second kappa shape index (κ2) is 9.02. The number of benzene rings is 2. The zero-order valence-corrected chi connectivity index (χ0v) is 17.6. The molecule has 2 aromatic carbocycles. The fourth-order valence-electron chi connectivity index (χ4n) is 2.89. The highest BCUT2D eigenvalue weighted by Crippen LogP contribution is 2.24. The van der Waals surface area contributed by atoms with Gasteiger partial charge in [0.1, 0.15) is 22.2 Å². The Hall–Kier alpha value is -2.66. The van der Waals surface area contributed by atoms with Crippen molar-refractivity contribution in [1.29, 1.82) is 0 Å². The van der Waals surface area contributed by atoms with Gasteiger partial charge in [0.25, 0.3) is 5.91 Å². The summed E-state index contributed by atoms with van der Waals surface area (Å²) in [6, 6.07) is 18.1. The van der Waals surface area contributed by atoms with E-state index < -0.39 is 0 Å². The molecule has 3 rings (SSSR count). The predicted molar refractivity (Wildman–Crippen MR) is 114 cm³/mol. The summed E-state index contributed by atoms with van der Waals surface area (Å²) in [5.41, 5.74) is 3.07. The zero-order chi connectivity index (χ0) is 20.1. The number of nitrogens with zero attached hydrogens (tertiary/aromatic N) is 2. The molecule has 0 bridgehead atoms. The van der Waals surface area contributed by atoms with Crippen LogP contribution in [0.25, 0.3) is 0 Å². The van der Waals surface area contributed by atoms with E-state index >= 15 is 0 Å². The summed E-state index contributed by atoms with van der Waals surface area (Å²) in [7, 11) is 0. The van der Waals surface area contributed by atoms with Crippen LogP contribution in [0.4, 0.5) is 0 Å². The van der Waals surface area contributed by atoms with Crippen LogP contribution in [0.2, 0.25) is 0 Å². The third kappa shape index (κ3) is 4.98. The van der Waals surface area contributed by atoms with E-state index in [0.29, 0.717) is 18.0 Å². The van der Waals surface area contributed by atoms with Crippen molar-refractivity contribution < 1.29 is 9.53 Å². The first kappa shape index (κ1) is 20.1. The van der Waals surface area contributed by atoms with E-state index in [0.717, 1.165) is 22.0 Å². The quantitative estimate of drug-likeness (QED) is 0.539. The van der Waals surface area contributed by atoms with Gasteiger partial charge in [0.15, 0.2) is 0 Å². The smallest absolute Gasteiger partial charge is 0.266 e. The van der Waals surface area contributed by atoms with Crippen molar-refractivity contribution in [3.05, 3.63) is 81.3 Å². The van der Waals surface area contributed by atoms with Gasteiger partial charge in [0, 0.05) is 12.6 Å². The van der Waals surface area contributed by atoms with E-state index in [1.165, 1.54) is 16.9 Å². The van der Waals surface area contributed by atoms with E-state index in [9.17, 15) is 4.79 Å². The molecule has 0 spiro atoms. The molecule has 0 atom stereocenters. The third-order valence-corrected chi connectivity index (χ3v) is 5.62. The van der Waals surface area contributed by atoms with Gasteiger partial charge in [0.05, 0.1) is 5.69 Å². The van der Waals surface area contributed by atoms with Crippen LogP contribution in [-0.4, -0.2) is 21.8 Å². The van der Waals surface area contributed by atoms with Crippen molar-refractivity contribution in [2.45, 2.75) is 46.9 Å². The van der Waals surface area contributed by atoms with Gasteiger partial charge < -0.3 is 9.64 Å². The Kier molecular flexibility index (Phi) is 6.47. The van der Waals surface area contributed by atoms with Crippen molar-refractivity contribution in [2.24, 2.45) is 0 Å². The number of rotatable bonds is 7. The maximum absolute atomic E-state index is 13.2. The van der Waals surface area contributed by atoms with Gasteiger partial charge in [-0.3, -0.25) is 4.79 Å². The van der Waals surface area contributed by atoms with Crippen LogP contribution in [0.5, 0.6) is 5.75 Å². The normalized spacial score (nSPS) is 10.9. The summed E-state index contributed by atoms with van der Waals surface area (Å²) in [6.07, 6.45) is 0. The Morgan fingerprint density at radius 3 is 2.39 bits per heavy atom. The molecule has 3 aromatic rings. The van der Waals surface area contributed by atoms with Crippen molar-refractivity contribution >= 4 is 17.2 Å². The van der Waals surface area contributed by atoms with Crippen LogP contribution in [-0.2, 0) is 13.2 Å². The molecule has 1 amide bonds. The first-order valence-electron chi connectivity index (χ1n) is 9.44. The van der Waals surface area contributed by atoms with Gasteiger partial charge in [0.2, 0.25) is 0 Å². The van der Waals surface area contributed by atoms with Gasteiger partial charge in [-0.1, -0.05) is 48.0 Å². The van der Waals surface area contributed by atoms with Crippen molar-refractivity contribution in [2.75, 3.05) is 0 Å². The highest BCUT2D eigenvalue weighted by atomic mass is 32.1. The van der Waals surface area contributed by atoms with Gasteiger partial charge in [-0.2, -0.15) is 0 Å². The van der Waals surface area contributed by atoms with E-state index in [2.05, 4.69) is 4.98 Å². The molecular weight excluding hydrogens is 368 g/mol. The molecule has 28 heavy (non-hydrogen) atoms. The Labute approximate surface area is 170 Å². The molecule has 0 saturated heterocycles. The van der Waals surface area contributed by atoms with Crippen LogP contribution in [0.1, 0.15) is 45.3 Å². The average Bonchev–Trinajstić information content (AvgIpc) is 3.06. The lowest BCUT2D eigenvalue weighted by molar-refractivity contribution is 0.0694. The second-order valence-corrected chi connectivity index (χ2v) is 8.22. The highest BCUT2D eigenvalue weighted by Gasteiger charge is 2.24. The standard InChI is InChI=1S/C23H26N2O2S/c1-16(2)25(14-19-8-6-5-7-9-19)23(26)22-18(4)24-21(28-22)15-27-20-12-10-17(3)11-13-20/h5-13,16H,14-15H2,1-4H3. The van der Waals surface area contributed by atoms with Crippen LogP contribution in [0.15, 0.2) is 54.6 Å². The minimum absolute atomic E-state index is 0.0236. The Balaban J connectivity index is 1.72. The van der Waals surface area contributed by atoms with Crippen molar-refractivity contribution in [3.8, 4) is 5.75 Å². The molecule has 0 aliphatic carbocycles. The fourth-order valence-corrected chi connectivity index (χ4v) is 3.83. The molecule has 0 aliphatic rings. The average molecular weight is 395 g/mol. The largest absolute Gasteiger partial charge is 0.486 e. The summed E-state index contributed by atoms with van der Waals surface area (Å²) in [5.74, 6) is 0.828. The molecule has 0 N–H and O–H groups in total. The summed E-state index contributed by atoms with van der Waals surface area (Å²) in [5, 5.41) is 0.810. The lowest BCUT2D eigenvalue weighted by atomic mass is 10.2. The summed E-state index contributed by atoms with van der Waals surface area (Å²) in [6.45, 7) is 8.96. The van der Waals surface area contributed by atoms with Gasteiger partial charge in [-0.05, 0) is 45.4 Å². The fraction of sp³-hybridized carbons (Fsp3) is 0.304. The first-order chi connectivity index (χ1) is 13.4. The molecule has 0 radical (unpaired) electrons. The molecule has 5 heteroatoms. The Bertz CT molecular complexity index is 918. The zero-order valence-electron chi connectivity index (χ0n) is 16.8. The number of carbonyl (C=O) groups is 1. The topological polar surface area (TPSA) is 42.4 Å². The lowest BCUT2D eigenvalue weighted by Gasteiger charge is -2.26. The Morgan fingerprint density at radius 1 is 1.07 bits per heavy atom. The van der Waals surface area contributed by atoms with Crippen LogP contribution < -0.4 is 4.74 Å². The van der Waals surface area contributed by atoms with Gasteiger partial charge in [-0.25, -0.2) is 4.98 Å². The monoisotopic (exact) mass is 394 g/mol. The van der Waals surface area contributed by atoms with E-state index in [4.69, 9.17) is 4.74 Å². The van der Waals surface area contributed by atoms with Crippen LogP contribution >= 0.6 is 11.3 Å². The second-order valence-electron chi connectivity index (χ2n) is 7.14. The third-order valence-electron chi connectivity index (χ3n) is 4.50. The molecule has 0 fully saturated rings. The van der Waals surface area contributed by atoms with E-state index in [1.54, 1.807) is 0 Å². The molecule has 0 unspecified atom stereocenters. The molecule has 0 saturated carbocycles. The summed E-state index contributed by atoms with van der Waals surface area (Å²) < 4.78 is 5.82. The molecular formula is C23H26N2O2S. The molecule has 1 heterocycles. The SMILES string of the molecule is Cc1ccc(OCc2nc(C)c(C(=O)N(Cc3ccccc3)C(C)C)s2)cc1. The van der Waals surface area contributed by atoms with Gasteiger partial charge in [-0.15, -0.1) is 11.3 Å². The number of thiazole rings is 1. The maximum Gasteiger partial charge on any atom is 0.266 e. The van der Waals surface area contributed by atoms with Gasteiger partial charge >= 0.3 is 0 Å². The summed E-state index contributed by atoms with van der Waals surface area (Å²) in [4.78, 5) is 20.3. The highest BCUT2D eigenvalue weighted by molar-refractivity contribution is 7.13. The molecule has 1 aromatic heterocycles. The lowest BCUT2D eigenvalue weighted by Crippen LogP contribution is -2.36. The minimum Gasteiger partial charge on any atom is -0.486 e. The van der Waals surface area contributed by atoms with Crippen molar-refractivity contribution in [3.63, 3.8) is 0 Å². The Morgan fingerprint density at radius 2 is 1.75 bits per heavy atom. The van der Waals surface area contributed by atoms with E-state index in [-0.39, 0.29) is 11.9 Å². The number of amides is 1. The maximum atomic E-state index is 13.2. The number of carbonyl (C=O) groups excluding carboxylic acids is 1. The van der Waals surface area contributed by atoms with E-state index in [1.807, 2.05) is 87.2 Å². The molecule has 146 valence electrons. The summed E-state index contributed by atoms with van der Waals surface area (Å²) >= 11 is 1.42. The number of hydrogen-bond acceptors (Lipinski definition) is 4.